The average Bonchev–Trinajstić information content (AvgIpc) is 2.17. The van der Waals surface area contributed by atoms with Gasteiger partial charge in [-0.3, -0.25) is 0 Å². The molecule has 0 fully saturated rings. The normalized spacial score (nSPS) is 10.7. The number of benzene rings is 1. The first-order valence-corrected chi connectivity index (χ1v) is 5.63. The zero-order valence-electron chi connectivity index (χ0n) is 9.77. The fourth-order valence-corrected chi connectivity index (χ4v) is 1.26. The molecule has 1 N–H and O–H groups in total. The summed E-state index contributed by atoms with van der Waals surface area (Å²) in [5.41, 5.74) is 0. The second-order valence-corrected chi connectivity index (χ2v) is 5.36. The van der Waals surface area contributed by atoms with Crippen molar-refractivity contribution in [1.29, 1.82) is 0 Å². The Morgan fingerprint density at radius 3 is 2.44 bits per heavy atom. The van der Waals surface area contributed by atoms with Gasteiger partial charge in [-0.15, -0.1) is 12.4 Å². The van der Waals surface area contributed by atoms with E-state index in [0.717, 1.165) is 18.8 Å². The van der Waals surface area contributed by atoms with Gasteiger partial charge in [-0.1, -0.05) is 18.2 Å². The van der Waals surface area contributed by atoms with Crippen molar-refractivity contribution >= 4 is 25.0 Å². The number of hydrogen-bond donors (Lipinski definition) is 2. The number of halogens is 1. The lowest BCUT2D eigenvalue weighted by molar-refractivity contribution is 0.312. The molecule has 0 saturated heterocycles. The third-order valence-corrected chi connectivity index (χ3v) is 2.01. The maximum absolute atomic E-state index is 5.53. The van der Waals surface area contributed by atoms with Gasteiger partial charge in [0, 0.05) is 17.8 Å². The molecule has 0 aromatic heterocycles. The molecule has 0 aliphatic rings. The third kappa shape index (κ3) is 7.85. The van der Waals surface area contributed by atoms with Gasteiger partial charge in [-0.05, 0) is 26.0 Å². The molecule has 1 aromatic carbocycles. The quantitative estimate of drug-likeness (QED) is 0.607. The minimum absolute atomic E-state index is 0. The fourth-order valence-electron chi connectivity index (χ4n) is 1.15. The molecule has 92 valence electrons. The van der Waals surface area contributed by atoms with Crippen molar-refractivity contribution < 1.29 is 4.74 Å². The highest BCUT2D eigenvalue weighted by molar-refractivity contribution is 7.81. The number of hydrogen-bond acceptors (Lipinski definition) is 3. The van der Waals surface area contributed by atoms with Crippen LogP contribution in [-0.2, 0) is 0 Å². The molecule has 0 atom stereocenters. The molecular weight excluding hydrogens is 242 g/mol. The Balaban J connectivity index is 0.00000225. The van der Waals surface area contributed by atoms with Crippen molar-refractivity contribution in [3.05, 3.63) is 30.3 Å². The number of ether oxygens (including phenoxy) is 1. The van der Waals surface area contributed by atoms with Crippen LogP contribution in [0.4, 0.5) is 0 Å². The average molecular weight is 262 g/mol. The van der Waals surface area contributed by atoms with Crippen molar-refractivity contribution in [1.82, 2.24) is 5.32 Å². The predicted octanol–water partition coefficient (Wildman–Crippen LogP) is 2.79. The molecule has 1 rings (SSSR count). The van der Waals surface area contributed by atoms with Gasteiger partial charge in [0.05, 0.1) is 0 Å². The summed E-state index contributed by atoms with van der Waals surface area (Å²) in [6.07, 6.45) is 0. The van der Waals surface area contributed by atoms with Gasteiger partial charge in [0.25, 0.3) is 0 Å². The molecule has 2 nitrogen and oxygen atoms in total. The first kappa shape index (κ1) is 15.6. The topological polar surface area (TPSA) is 21.3 Å². The molecule has 0 radical (unpaired) electrons. The van der Waals surface area contributed by atoms with Gasteiger partial charge in [0.2, 0.25) is 0 Å². The Labute approximate surface area is 110 Å². The lowest BCUT2D eigenvalue weighted by Crippen LogP contribution is -2.32. The van der Waals surface area contributed by atoms with Crippen LogP contribution in [0.5, 0.6) is 5.75 Å². The van der Waals surface area contributed by atoms with Gasteiger partial charge >= 0.3 is 0 Å². The van der Waals surface area contributed by atoms with Crippen molar-refractivity contribution in [3.63, 3.8) is 0 Å². The third-order valence-electron chi connectivity index (χ3n) is 1.85. The van der Waals surface area contributed by atoms with E-state index in [4.69, 9.17) is 4.74 Å². The Bertz CT molecular complexity index is 274. The van der Waals surface area contributed by atoms with Crippen LogP contribution in [0.2, 0.25) is 0 Å². The van der Waals surface area contributed by atoms with Crippen molar-refractivity contribution in [2.75, 3.05) is 19.7 Å². The van der Waals surface area contributed by atoms with E-state index in [-0.39, 0.29) is 17.2 Å². The van der Waals surface area contributed by atoms with Crippen LogP contribution in [0.1, 0.15) is 13.8 Å². The smallest absolute Gasteiger partial charge is 0.119 e. The molecule has 1 aromatic rings. The summed E-state index contributed by atoms with van der Waals surface area (Å²) in [6, 6.07) is 9.85. The highest BCUT2D eigenvalue weighted by atomic mass is 35.5. The van der Waals surface area contributed by atoms with E-state index < -0.39 is 0 Å². The fraction of sp³-hybridized carbons (Fsp3) is 0.500. The second kappa shape index (κ2) is 7.82. The summed E-state index contributed by atoms with van der Waals surface area (Å²) >= 11 is 4.42. The summed E-state index contributed by atoms with van der Waals surface area (Å²) in [5, 5.41) is 3.29. The molecule has 0 bridgehead atoms. The highest BCUT2D eigenvalue weighted by Gasteiger charge is 2.09. The zero-order valence-corrected chi connectivity index (χ0v) is 11.5. The van der Waals surface area contributed by atoms with Crippen molar-refractivity contribution in [2.45, 2.75) is 18.6 Å². The minimum atomic E-state index is 0. The first-order chi connectivity index (χ1) is 7.08. The van der Waals surface area contributed by atoms with Crippen LogP contribution in [0.15, 0.2) is 30.3 Å². The summed E-state index contributed by atoms with van der Waals surface area (Å²) in [6.45, 7) is 6.59. The minimum Gasteiger partial charge on any atom is -0.492 e. The van der Waals surface area contributed by atoms with Crippen LogP contribution in [0.25, 0.3) is 0 Å². The summed E-state index contributed by atoms with van der Waals surface area (Å²) < 4.78 is 5.57. The van der Waals surface area contributed by atoms with E-state index in [1.165, 1.54) is 0 Å². The predicted molar refractivity (Wildman–Crippen MR) is 75.1 cm³/mol. The molecule has 16 heavy (non-hydrogen) atoms. The first-order valence-electron chi connectivity index (χ1n) is 5.19. The molecule has 4 heteroatoms. The van der Waals surface area contributed by atoms with Crippen molar-refractivity contribution in [2.24, 2.45) is 0 Å². The number of para-hydroxylation sites is 1. The number of thiol groups is 1. The highest BCUT2D eigenvalue weighted by Crippen LogP contribution is 2.09. The Morgan fingerprint density at radius 2 is 1.88 bits per heavy atom. The maximum Gasteiger partial charge on any atom is 0.119 e. The van der Waals surface area contributed by atoms with Crippen LogP contribution in [-0.4, -0.2) is 24.4 Å². The standard InChI is InChI=1S/C12H19NOS.ClH/c1-12(2,15)10-13-8-9-14-11-6-4-3-5-7-11;/h3-7,13,15H,8-10H2,1-2H3;1H. The maximum atomic E-state index is 5.53. The summed E-state index contributed by atoms with van der Waals surface area (Å²) in [4.78, 5) is 0. The molecule has 0 amide bonds. The van der Waals surface area contributed by atoms with Crippen LogP contribution < -0.4 is 10.1 Å². The molecule has 0 unspecified atom stereocenters. The summed E-state index contributed by atoms with van der Waals surface area (Å²) in [5.74, 6) is 0.921. The van der Waals surface area contributed by atoms with E-state index in [9.17, 15) is 0 Å². The molecule has 0 aliphatic carbocycles. The Hall–Kier alpha value is -0.380. The van der Waals surface area contributed by atoms with Crippen LogP contribution in [0, 0.1) is 0 Å². The SMILES string of the molecule is CC(C)(S)CNCCOc1ccccc1.Cl. The van der Waals surface area contributed by atoms with E-state index in [2.05, 4.69) is 31.8 Å². The van der Waals surface area contributed by atoms with Gasteiger partial charge < -0.3 is 10.1 Å². The van der Waals surface area contributed by atoms with Gasteiger partial charge in [0.15, 0.2) is 0 Å². The van der Waals surface area contributed by atoms with E-state index in [1.807, 2.05) is 30.3 Å². The molecule has 0 spiro atoms. The molecular formula is C12H20ClNOS. The van der Waals surface area contributed by atoms with Crippen molar-refractivity contribution in [3.8, 4) is 5.75 Å². The Kier molecular flexibility index (Phi) is 7.64. The zero-order chi connectivity index (χ0) is 11.1. The lowest BCUT2D eigenvalue weighted by Gasteiger charge is -2.17. The van der Waals surface area contributed by atoms with E-state index in [0.29, 0.717) is 6.61 Å². The lowest BCUT2D eigenvalue weighted by atomic mass is 10.2. The largest absolute Gasteiger partial charge is 0.492 e. The Morgan fingerprint density at radius 1 is 1.25 bits per heavy atom. The van der Waals surface area contributed by atoms with Gasteiger partial charge in [0.1, 0.15) is 12.4 Å². The molecule has 0 saturated carbocycles. The van der Waals surface area contributed by atoms with Gasteiger partial charge in [-0.25, -0.2) is 0 Å². The van der Waals surface area contributed by atoms with Gasteiger partial charge in [-0.2, -0.15) is 12.6 Å². The van der Waals surface area contributed by atoms with Crippen LogP contribution in [0.3, 0.4) is 0 Å². The van der Waals surface area contributed by atoms with Crippen LogP contribution >= 0.6 is 25.0 Å². The monoisotopic (exact) mass is 261 g/mol. The summed E-state index contributed by atoms with van der Waals surface area (Å²) in [7, 11) is 0. The molecule has 0 aliphatic heterocycles. The number of rotatable bonds is 6. The number of nitrogens with one attached hydrogen (secondary N) is 1. The van der Waals surface area contributed by atoms with E-state index >= 15 is 0 Å². The van der Waals surface area contributed by atoms with E-state index in [1.54, 1.807) is 0 Å². The molecule has 0 heterocycles. The second-order valence-electron chi connectivity index (χ2n) is 4.15.